The average Bonchev–Trinajstić information content (AvgIpc) is 3.04. The number of aromatic nitrogens is 2. The minimum Gasteiger partial charge on any atom is -0.392 e. The Balaban J connectivity index is 1.63. The number of nitrogens with zero attached hydrogens (tertiary/aromatic N) is 2. The van der Waals surface area contributed by atoms with Crippen LogP contribution in [0.2, 0.25) is 0 Å². The molecule has 1 unspecified atom stereocenters. The van der Waals surface area contributed by atoms with Crippen molar-refractivity contribution in [3.8, 4) is 0 Å². The van der Waals surface area contributed by atoms with Crippen LogP contribution in [0.5, 0.6) is 0 Å². The highest BCUT2D eigenvalue weighted by atomic mass is 32.2. The maximum absolute atomic E-state index is 12.2. The summed E-state index contributed by atoms with van der Waals surface area (Å²) in [5, 5.41) is 10.9. The van der Waals surface area contributed by atoms with Crippen molar-refractivity contribution in [2.24, 2.45) is 0 Å². The number of fused-ring (bicyclic) bond motifs is 1. The van der Waals surface area contributed by atoms with E-state index in [1.54, 1.807) is 0 Å². The van der Waals surface area contributed by atoms with Crippen molar-refractivity contribution in [2.45, 2.75) is 18.9 Å². The second-order valence-corrected chi connectivity index (χ2v) is 7.63. The summed E-state index contributed by atoms with van der Waals surface area (Å²) in [5.41, 5.74) is 2.43. The molecule has 3 aromatic rings. The Morgan fingerprint density at radius 1 is 1.17 bits per heavy atom. The maximum Gasteiger partial charge on any atom is 0.271 e. The first-order valence-corrected chi connectivity index (χ1v) is 9.50. The molecule has 23 heavy (non-hydrogen) atoms. The third-order valence-electron chi connectivity index (χ3n) is 3.53. The lowest BCUT2D eigenvalue weighted by Crippen LogP contribution is -2.22. The largest absolute Gasteiger partial charge is 0.392 e. The lowest BCUT2D eigenvalue weighted by atomic mass is 10.2. The van der Waals surface area contributed by atoms with Crippen LogP contribution in [0.4, 0.5) is 0 Å². The Labute approximate surface area is 139 Å². The number of aliphatic hydroxyl groups excluding tert-OH is 1. The lowest BCUT2D eigenvalue weighted by Gasteiger charge is -2.06. The van der Waals surface area contributed by atoms with Gasteiger partial charge in [0.25, 0.3) is 5.56 Å². The first-order chi connectivity index (χ1) is 11.2. The lowest BCUT2D eigenvalue weighted by molar-refractivity contribution is 0.282. The second kappa shape index (κ2) is 7.16. The van der Waals surface area contributed by atoms with Gasteiger partial charge in [0.15, 0.2) is 0 Å². The maximum atomic E-state index is 12.2. The standard InChI is InChI=1S/C16H16N2O3S2/c19-9-12-1-3-13(4-2-12)10-23(21)8-6-18-11-17-14-5-7-22-15(14)16(18)20/h1-5,7,11,19H,6,8-10H2. The van der Waals surface area contributed by atoms with E-state index in [0.29, 0.717) is 28.3 Å². The number of benzene rings is 1. The Hall–Kier alpha value is -1.83. The molecule has 2 heterocycles. The minimum atomic E-state index is -1.06. The molecule has 0 saturated carbocycles. The van der Waals surface area contributed by atoms with E-state index in [-0.39, 0.29) is 12.2 Å². The van der Waals surface area contributed by atoms with Crippen molar-refractivity contribution in [1.82, 2.24) is 9.55 Å². The van der Waals surface area contributed by atoms with Gasteiger partial charge in [-0.2, -0.15) is 0 Å². The molecule has 1 N–H and O–H groups in total. The first-order valence-electron chi connectivity index (χ1n) is 7.13. The third kappa shape index (κ3) is 3.74. The molecule has 3 rings (SSSR count). The molecule has 2 aromatic heterocycles. The van der Waals surface area contributed by atoms with Gasteiger partial charge in [0.05, 0.1) is 18.5 Å². The van der Waals surface area contributed by atoms with Gasteiger partial charge in [-0.25, -0.2) is 4.98 Å². The van der Waals surface area contributed by atoms with Gasteiger partial charge >= 0.3 is 0 Å². The van der Waals surface area contributed by atoms with Gasteiger partial charge in [-0.15, -0.1) is 11.3 Å². The number of rotatable bonds is 6. The summed E-state index contributed by atoms with van der Waals surface area (Å²) < 4.78 is 14.4. The van der Waals surface area contributed by atoms with E-state index in [4.69, 9.17) is 5.11 Å². The molecule has 1 aromatic carbocycles. The van der Waals surface area contributed by atoms with E-state index < -0.39 is 10.8 Å². The van der Waals surface area contributed by atoms with E-state index in [2.05, 4.69) is 4.98 Å². The quantitative estimate of drug-likeness (QED) is 0.738. The second-order valence-electron chi connectivity index (χ2n) is 5.14. The summed E-state index contributed by atoms with van der Waals surface area (Å²) >= 11 is 1.38. The van der Waals surface area contributed by atoms with Crippen LogP contribution >= 0.6 is 11.3 Å². The van der Waals surface area contributed by atoms with E-state index >= 15 is 0 Å². The van der Waals surface area contributed by atoms with E-state index in [1.165, 1.54) is 22.2 Å². The van der Waals surface area contributed by atoms with Crippen LogP contribution in [0.1, 0.15) is 11.1 Å². The van der Waals surface area contributed by atoms with Crippen LogP contribution in [-0.4, -0.2) is 24.6 Å². The van der Waals surface area contributed by atoms with Crippen molar-refractivity contribution in [3.63, 3.8) is 0 Å². The predicted octanol–water partition coefficient (Wildman–Crippen LogP) is 1.90. The molecule has 0 spiro atoms. The Kier molecular flexibility index (Phi) is 5.00. The van der Waals surface area contributed by atoms with Gasteiger partial charge in [-0.05, 0) is 22.6 Å². The molecule has 7 heteroatoms. The topological polar surface area (TPSA) is 72.2 Å². The summed E-state index contributed by atoms with van der Waals surface area (Å²) in [7, 11) is -1.06. The molecular formula is C16H16N2O3S2. The Morgan fingerprint density at radius 3 is 2.65 bits per heavy atom. The van der Waals surface area contributed by atoms with E-state index in [9.17, 15) is 9.00 Å². The number of thiophene rings is 1. The molecule has 1 atom stereocenters. The highest BCUT2D eigenvalue weighted by molar-refractivity contribution is 7.84. The smallest absolute Gasteiger partial charge is 0.271 e. The van der Waals surface area contributed by atoms with Crippen molar-refractivity contribution >= 4 is 32.4 Å². The van der Waals surface area contributed by atoms with E-state index in [0.717, 1.165) is 11.1 Å². The zero-order valence-corrected chi connectivity index (χ0v) is 14.0. The molecule has 0 aliphatic heterocycles. The van der Waals surface area contributed by atoms with Crippen LogP contribution in [0.3, 0.4) is 0 Å². The van der Waals surface area contributed by atoms with Crippen LogP contribution in [0, 0.1) is 0 Å². The fourth-order valence-corrected chi connectivity index (χ4v) is 4.14. The van der Waals surface area contributed by atoms with Crippen molar-refractivity contribution in [2.75, 3.05) is 5.75 Å². The molecule has 0 fully saturated rings. The van der Waals surface area contributed by atoms with Gasteiger partial charge in [0.1, 0.15) is 4.70 Å². The highest BCUT2D eigenvalue weighted by Crippen LogP contribution is 2.13. The molecule has 0 radical (unpaired) electrons. The molecule has 0 bridgehead atoms. The summed E-state index contributed by atoms with van der Waals surface area (Å²) in [6.07, 6.45) is 1.52. The van der Waals surface area contributed by atoms with Gasteiger partial charge in [0.2, 0.25) is 0 Å². The number of aryl methyl sites for hydroxylation is 1. The Bertz CT molecular complexity index is 884. The fourth-order valence-electron chi connectivity index (χ4n) is 2.24. The van der Waals surface area contributed by atoms with Crippen molar-refractivity contribution in [1.29, 1.82) is 0 Å². The highest BCUT2D eigenvalue weighted by Gasteiger charge is 2.07. The van der Waals surface area contributed by atoms with E-state index in [1.807, 2.05) is 35.7 Å². The molecule has 120 valence electrons. The first kappa shape index (κ1) is 16.0. The van der Waals surface area contributed by atoms with Gasteiger partial charge < -0.3 is 5.11 Å². The number of hydrogen-bond acceptors (Lipinski definition) is 5. The monoisotopic (exact) mass is 348 g/mol. The average molecular weight is 348 g/mol. The SMILES string of the molecule is O=c1c2sccc2ncn1CCS(=O)Cc1ccc(CO)cc1. The van der Waals surface area contributed by atoms with Crippen molar-refractivity contribution < 1.29 is 9.32 Å². The number of aliphatic hydroxyl groups is 1. The molecule has 0 saturated heterocycles. The van der Waals surface area contributed by atoms with Crippen LogP contribution in [-0.2, 0) is 29.7 Å². The molecule has 0 aliphatic rings. The molecule has 0 amide bonds. The fraction of sp³-hybridized carbons (Fsp3) is 0.250. The summed E-state index contributed by atoms with van der Waals surface area (Å²) in [6, 6.07) is 9.21. The molecular weight excluding hydrogens is 332 g/mol. The molecule has 5 nitrogen and oxygen atoms in total. The number of hydrogen-bond donors (Lipinski definition) is 1. The Morgan fingerprint density at radius 2 is 1.91 bits per heavy atom. The normalized spacial score (nSPS) is 12.6. The minimum absolute atomic E-state index is 0.00445. The summed E-state index contributed by atoms with van der Waals surface area (Å²) in [6.45, 7) is 0.394. The van der Waals surface area contributed by atoms with Gasteiger partial charge in [0, 0.05) is 28.9 Å². The van der Waals surface area contributed by atoms with Crippen LogP contribution < -0.4 is 5.56 Å². The van der Waals surface area contributed by atoms with Crippen LogP contribution in [0.15, 0.2) is 46.8 Å². The van der Waals surface area contributed by atoms with Gasteiger partial charge in [-0.1, -0.05) is 24.3 Å². The summed E-state index contributed by atoms with van der Waals surface area (Å²) in [5.74, 6) is 0.843. The zero-order valence-electron chi connectivity index (χ0n) is 12.3. The third-order valence-corrected chi connectivity index (χ3v) is 5.71. The summed E-state index contributed by atoms with van der Waals surface area (Å²) in [4.78, 5) is 16.5. The van der Waals surface area contributed by atoms with Crippen molar-refractivity contribution in [3.05, 3.63) is 63.5 Å². The molecule has 0 aliphatic carbocycles. The van der Waals surface area contributed by atoms with Crippen LogP contribution in [0.25, 0.3) is 10.2 Å². The van der Waals surface area contributed by atoms with Gasteiger partial charge in [-0.3, -0.25) is 13.6 Å². The zero-order chi connectivity index (χ0) is 16.2. The predicted molar refractivity (Wildman–Crippen MR) is 93.0 cm³/mol.